The van der Waals surface area contributed by atoms with Gasteiger partial charge in [-0.1, -0.05) is 18.2 Å². The van der Waals surface area contributed by atoms with Crippen molar-refractivity contribution in [3.05, 3.63) is 59.8 Å². The zero-order valence-electron chi connectivity index (χ0n) is 14.2. The average Bonchev–Trinajstić information content (AvgIpc) is 3.08. The maximum absolute atomic E-state index is 12.3. The van der Waals surface area contributed by atoms with Crippen molar-refractivity contribution in [3.63, 3.8) is 0 Å². The summed E-state index contributed by atoms with van der Waals surface area (Å²) < 4.78 is 5.35. The molecule has 3 aromatic rings. The molecule has 26 heavy (non-hydrogen) atoms. The number of aromatic nitrogens is 1. The lowest BCUT2D eigenvalue weighted by molar-refractivity contribution is -0.118. The highest BCUT2D eigenvalue weighted by Gasteiger charge is 2.17. The van der Waals surface area contributed by atoms with Crippen molar-refractivity contribution in [1.82, 2.24) is 10.3 Å². The van der Waals surface area contributed by atoms with E-state index in [-0.39, 0.29) is 18.4 Å². The molecule has 0 unspecified atom stereocenters. The lowest BCUT2D eigenvalue weighted by Gasteiger charge is -2.18. The van der Waals surface area contributed by atoms with E-state index < -0.39 is 0 Å². The summed E-state index contributed by atoms with van der Waals surface area (Å²) in [5.41, 5.74) is 3.50. The minimum absolute atomic E-state index is 0.0251. The number of ether oxygens (including phenoxy) is 1. The van der Waals surface area contributed by atoms with E-state index in [1.54, 1.807) is 18.2 Å². The summed E-state index contributed by atoms with van der Waals surface area (Å²) in [6.45, 7) is 0.565. The number of hydrogen-bond donors (Lipinski definition) is 3. The molecule has 0 saturated heterocycles. The van der Waals surface area contributed by atoms with Gasteiger partial charge >= 0.3 is 0 Å². The molecule has 1 aliphatic heterocycles. The molecule has 1 aliphatic rings. The van der Waals surface area contributed by atoms with Gasteiger partial charge in [0.15, 0.2) is 6.61 Å². The molecule has 0 atom stereocenters. The Morgan fingerprint density at radius 2 is 2.08 bits per heavy atom. The molecule has 3 N–H and O–H groups in total. The van der Waals surface area contributed by atoms with Crippen molar-refractivity contribution in [2.75, 3.05) is 18.5 Å². The van der Waals surface area contributed by atoms with Gasteiger partial charge in [-0.05, 0) is 42.7 Å². The molecule has 2 heterocycles. The topological polar surface area (TPSA) is 83.2 Å². The minimum Gasteiger partial charge on any atom is -0.482 e. The van der Waals surface area contributed by atoms with Crippen LogP contribution in [0.5, 0.6) is 5.75 Å². The Morgan fingerprint density at radius 1 is 1.19 bits per heavy atom. The van der Waals surface area contributed by atoms with Crippen LogP contribution in [0.2, 0.25) is 0 Å². The van der Waals surface area contributed by atoms with Gasteiger partial charge in [-0.25, -0.2) is 0 Å². The first kappa shape index (κ1) is 16.2. The molecule has 0 aliphatic carbocycles. The molecule has 132 valence electrons. The van der Waals surface area contributed by atoms with Gasteiger partial charge in [0.25, 0.3) is 11.8 Å². The maximum atomic E-state index is 12.3. The highest BCUT2D eigenvalue weighted by molar-refractivity contribution is 5.99. The molecule has 0 fully saturated rings. The second-order valence-electron chi connectivity index (χ2n) is 6.27. The van der Waals surface area contributed by atoms with Gasteiger partial charge in [0.1, 0.15) is 5.75 Å². The second-order valence-corrected chi connectivity index (χ2v) is 6.27. The molecule has 0 radical (unpaired) electrons. The van der Waals surface area contributed by atoms with E-state index in [1.165, 1.54) is 10.9 Å². The Balaban J connectivity index is 1.32. The molecular formula is C20H19N3O3. The Morgan fingerprint density at radius 3 is 3.00 bits per heavy atom. The predicted molar refractivity (Wildman–Crippen MR) is 99.5 cm³/mol. The number of benzene rings is 2. The zero-order chi connectivity index (χ0) is 17.9. The van der Waals surface area contributed by atoms with Gasteiger partial charge in [-0.2, -0.15) is 0 Å². The summed E-state index contributed by atoms with van der Waals surface area (Å²) in [5, 5.41) is 6.87. The molecule has 0 bridgehead atoms. The third kappa shape index (κ3) is 3.26. The van der Waals surface area contributed by atoms with Gasteiger partial charge in [-0.3, -0.25) is 9.59 Å². The zero-order valence-corrected chi connectivity index (χ0v) is 14.2. The number of rotatable bonds is 5. The van der Waals surface area contributed by atoms with Crippen LogP contribution in [0.3, 0.4) is 0 Å². The molecule has 4 rings (SSSR count). The molecule has 6 heteroatoms. The van der Waals surface area contributed by atoms with Crippen LogP contribution in [-0.2, 0) is 11.2 Å². The highest BCUT2D eigenvalue weighted by Crippen LogP contribution is 2.28. The van der Waals surface area contributed by atoms with Crippen LogP contribution < -0.4 is 15.4 Å². The van der Waals surface area contributed by atoms with Crippen molar-refractivity contribution >= 4 is 28.4 Å². The monoisotopic (exact) mass is 349 g/mol. The normalized spacial score (nSPS) is 13.0. The van der Waals surface area contributed by atoms with Gasteiger partial charge in [-0.15, -0.1) is 0 Å². The standard InChI is InChI=1S/C20H19N3O3/c24-19-12-26-18-10-13(7-8-17(18)23-19)20(25)21-9-3-4-14-11-22-16-6-2-1-5-15(14)16/h1-2,5-8,10-11,22H,3-4,9,12H2,(H,21,25)(H,23,24). The van der Waals surface area contributed by atoms with Crippen molar-refractivity contribution < 1.29 is 14.3 Å². The number of fused-ring (bicyclic) bond motifs is 2. The van der Waals surface area contributed by atoms with E-state index in [4.69, 9.17) is 4.74 Å². The van der Waals surface area contributed by atoms with Gasteiger partial charge in [0.2, 0.25) is 0 Å². The fourth-order valence-corrected chi connectivity index (χ4v) is 3.14. The number of amides is 2. The molecule has 2 aromatic carbocycles. The fourth-order valence-electron chi connectivity index (χ4n) is 3.14. The summed E-state index contributed by atoms with van der Waals surface area (Å²) in [6.07, 6.45) is 3.77. The van der Waals surface area contributed by atoms with Crippen LogP contribution in [0.4, 0.5) is 5.69 Å². The minimum atomic E-state index is -0.188. The molecule has 0 spiro atoms. The largest absolute Gasteiger partial charge is 0.482 e. The smallest absolute Gasteiger partial charge is 0.262 e. The first-order valence-electron chi connectivity index (χ1n) is 8.60. The molecule has 6 nitrogen and oxygen atoms in total. The van der Waals surface area contributed by atoms with Crippen molar-refractivity contribution in [3.8, 4) is 5.75 Å². The average molecular weight is 349 g/mol. The number of nitrogens with one attached hydrogen (secondary N) is 3. The Hall–Kier alpha value is -3.28. The predicted octanol–water partition coefficient (Wildman–Crippen LogP) is 2.86. The number of anilines is 1. The van der Waals surface area contributed by atoms with Gasteiger partial charge in [0, 0.05) is 29.2 Å². The van der Waals surface area contributed by atoms with E-state index in [9.17, 15) is 9.59 Å². The number of para-hydroxylation sites is 1. The highest BCUT2D eigenvalue weighted by atomic mass is 16.5. The number of carbonyl (C=O) groups excluding carboxylic acids is 2. The molecular weight excluding hydrogens is 330 g/mol. The summed E-state index contributed by atoms with van der Waals surface area (Å²) in [5.74, 6) is 0.190. The summed E-state index contributed by atoms with van der Waals surface area (Å²) in [4.78, 5) is 26.9. The first-order chi connectivity index (χ1) is 12.7. The SMILES string of the molecule is O=C1COc2cc(C(=O)NCCCc3c[nH]c4ccccc34)ccc2N1. The van der Waals surface area contributed by atoms with E-state index >= 15 is 0 Å². The number of carbonyl (C=O) groups is 2. The first-order valence-corrected chi connectivity index (χ1v) is 8.60. The van der Waals surface area contributed by atoms with Crippen molar-refractivity contribution in [2.24, 2.45) is 0 Å². The van der Waals surface area contributed by atoms with E-state index in [2.05, 4.69) is 27.8 Å². The Labute approximate surface area is 150 Å². The van der Waals surface area contributed by atoms with Crippen LogP contribution >= 0.6 is 0 Å². The van der Waals surface area contributed by atoms with Gasteiger partial charge in [0.05, 0.1) is 5.69 Å². The fraction of sp³-hybridized carbons (Fsp3) is 0.200. The van der Waals surface area contributed by atoms with Crippen LogP contribution in [0.1, 0.15) is 22.3 Å². The number of hydrogen-bond acceptors (Lipinski definition) is 3. The molecule has 2 amide bonds. The van der Waals surface area contributed by atoms with E-state index in [0.29, 0.717) is 23.5 Å². The number of aromatic amines is 1. The summed E-state index contributed by atoms with van der Waals surface area (Å²) >= 11 is 0. The van der Waals surface area contributed by atoms with Crippen LogP contribution in [0.25, 0.3) is 10.9 Å². The third-order valence-corrected chi connectivity index (χ3v) is 4.46. The lowest BCUT2D eigenvalue weighted by Crippen LogP contribution is -2.27. The number of aryl methyl sites for hydroxylation is 1. The van der Waals surface area contributed by atoms with Crippen molar-refractivity contribution in [2.45, 2.75) is 12.8 Å². The molecule has 0 saturated carbocycles. The molecule has 1 aromatic heterocycles. The van der Waals surface area contributed by atoms with E-state index in [1.807, 2.05) is 18.3 Å². The number of H-pyrrole nitrogens is 1. The summed E-state index contributed by atoms with van der Waals surface area (Å²) in [7, 11) is 0. The summed E-state index contributed by atoms with van der Waals surface area (Å²) in [6, 6.07) is 13.2. The van der Waals surface area contributed by atoms with Crippen molar-refractivity contribution in [1.29, 1.82) is 0 Å². The van der Waals surface area contributed by atoms with Crippen LogP contribution in [0, 0.1) is 0 Å². The lowest BCUT2D eigenvalue weighted by atomic mass is 10.1. The maximum Gasteiger partial charge on any atom is 0.262 e. The van der Waals surface area contributed by atoms with Crippen LogP contribution in [-0.4, -0.2) is 29.9 Å². The quantitative estimate of drug-likeness (QED) is 0.619. The second kappa shape index (κ2) is 6.92. The van der Waals surface area contributed by atoms with Crippen LogP contribution in [0.15, 0.2) is 48.7 Å². The Kier molecular flexibility index (Phi) is 4.31. The van der Waals surface area contributed by atoms with E-state index in [0.717, 1.165) is 18.4 Å². The Bertz CT molecular complexity index is 977. The third-order valence-electron chi connectivity index (χ3n) is 4.46. The van der Waals surface area contributed by atoms with Gasteiger partial charge < -0.3 is 20.4 Å².